The Morgan fingerprint density at radius 3 is 3.00 bits per heavy atom. The molecule has 1 unspecified atom stereocenters. The van der Waals surface area contributed by atoms with Gasteiger partial charge in [-0.2, -0.15) is 0 Å². The van der Waals surface area contributed by atoms with E-state index in [9.17, 15) is 9.90 Å². The minimum Gasteiger partial charge on any atom is -0.507 e. The van der Waals surface area contributed by atoms with Crippen molar-refractivity contribution in [3.05, 3.63) is 28.2 Å². The van der Waals surface area contributed by atoms with Crippen LogP contribution in [-0.4, -0.2) is 30.3 Å². The molecule has 1 fully saturated rings. The summed E-state index contributed by atoms with van der Waals surface area (Å²) < 4.78 is 5.93. The molecular weight excluding hydrogens is 298 g/mol. The number of aromatic hydroxyl groups is 1. The molecule has 0 aromatic heterocycles. The molecule has 2 N–H and O–H groups in total. The van der Waals surface area contributed by atoms with Crippen LogP contribution >= 0.6 is 15.9 Å². The van der Waals surface area contributed by atoms with Crippen molar-refractivity contribution in [2.24, 2.45) is 0 Å². The van der Waals surface area contributed by atoms with Crippen molar-refractivity contribution >= 4 is 21.8 Å². The zero-order valence-corrected chi connectivity index (χ0v) is 11.6. The Bertz CT molecular complexity index is 428. The number of ether oxygens (including phenoxy) is 1. The fourth-order valence-electron chi connectivity index (χ4n) is 1.97. The van der Waals surface area contributed by atoms with Gasteiger partial charge in [0.25, 0.3) is 5.91 Å². The third-order valence-corrected chi connectivity index (χ3v) is 3.67. The van der Waals surface area contributed by atoms with Crippen molar-refractivity contribution in [3.8, 4) is 5.75 Å². The minimum atomic E-state index is -0.148. The number of phenolic OH excluding ortho intramolecular Hbond substituents is 1. The molecule has 1 atom stereocenters. The van der Waals surface area contributed by atoms with Gasteiger partial charge in [0, 0.05) is 24.8 Å². The van der Waals surface area contributed by atoms with E-state index < -0.39 is 0 Å². The van der Waals surface area contributed by atoms with Crippen molar-refractivity contribution in [3.63, 3.8) is 0 Å². The monoisotopic (exact) mass is 313 g/mol. The summed E-state index contributed by atoms with van der Waals surface area (Å²) in [4.78, 5) is 12.0. The van der Waals surface area contributed by atoms with E-state index in [0.29, 0.717) is 16.6 Å². The first-order valence-corrected chi connectivity index (χ1v) is 6.83. The number of rotatable bonds is 2. The van der Waals surface area contributed by atoms with E-state index in [1.165, 1.54) is 6.07 Å². The maximum Gasteiger partial charge on any atom is 0.251 e. The lowest BCUT2D eigenvalue weighted by Crippen LogP contribution is -2.34. The minimum absolute atomic E-state index is 0.0758. The number of halogens is 1. The molecule has 0 aliphatic carbocycles. The van der Waals surface area contributed by atoms with Crippen LogP contribution in [-0.2, 0) is 4.74 Å². The highest BCUT2D eigenvalue weighted by Gasteiger charge is 2.16. The molecule has 0 saturated carbocycles. The topological polar surface area (TPSA) is 58.6 Å². The van der Waals surface area contributed by atoms with Gasteiger partial charge in [-0.05, 0) is 53.4 Å². The van der Waals surface area contributed by atoms with Crippen molar-refractivity contribution < 1.29 is 14.6 Å². The fraction of sp³-hybridized carbons (Fsp3) is 0.462. The fourth-order valence-corrected chi connectivity index (χ4v) is 2.22. The molecule has 4 nitrogen and oxygen atoms in total. The molecule has 98 valence electrons. The molecule has 1 aliphatic heterocycles. The highest BCUT2D eigenvalue weighted by atomic mass is 79.9. The summed E-state index contributed by atoms with van der Waals surface area (Å²) in [6.45, 7) is 1.46. The third kappa shape index (κ3) is 3.46. The van der Waals surface area contributed by atoms with Gasteiger partial charge in [0.15, 0.2) is 0 Å². The van der Waals surface area contributed by atoms with Crippen LogP contribution in [0.25, 0.3) is 0 Å². The van der Waals surface area contributed by atoms with Crippen molar-refractivity contribution in [2.75, 3.05) is 13.2 Å². The highest BCUT2D eigenvalue weighted by Crippen LogP contribution is 2.24. The average Bonchev–Trinajstić information content (AvgIpc) is 2.61. The summed E-state index contributed by atoms with van der Waals surface area (Å²) in [7, 11) is 0. The van der Waals surface area contributed by atoms with E-state index in [4.69, 9.17) is 4.74 Å². The lowest BCUT2D eigenvalue weighted by molar-refractivity contribution is 0.0929. The largest absolute Gasteiger partial charge is 0.507 e. The van der Waals surface area contributed by atoms with E-state index in [1.54, 1.807) is 12.1 Å². The van der Waals surface area contributed by atoms with E-state index in [2.05, 4.69) is 21.2 Å². The second kappa shape index (κ2) is 6.20. The number of benzene rings is 1. The standard InChI is InChI=1S/C13H16BrNO3/c14-11-4-3-9(8-12(11)16)13(17)15-10-2-1-6-18-7-5-10/h3-4,8,10,16H,1-2,5-7H2,(H,15,17). The number of carbonyl (C=O) groups excluding carboxylic acids is 1. The van der Waals surface area contributed by atoms with Gasteiger partial charge in [-0.3, -0.25) is 4.79 Å². The van der Waals surface area contributed by atoms with Crippen LogP contribution in [0.3, 0.4) is 0 Å². The molecule has 1 saturated heterocycles. The Morgan fingerprint density at radius 2 is 2.22 bits per heavy atom. The van der Waals surface area contributed by atoms with Crippen LogP contribution in [0.2, 0.25) is 0 Å². The van der Waals surface area contributed by atoms with Gasteiger partial charge in [0.05, 0.1) is 4.47 Å². The van der Waals surface area contributed by atoms with Gasteiger partial charge in [-0.15, -0.1) is 0 Å². The van der Waals surface area contributed by atoms with E-state index in [-0.39, 0.29) is 17.7 Å². The molecule has 1 heterocycles. The Morgan fingerprint density at radius 1 is 1.39 bits per heavy atom. The zero-order chi connectivity index (χ0) is 13.0. The Kier molecular flexibility index (Phi) is 4.60. The van der Waals surface area contributed by atoms with E-state index in [1.807, 2.05) is 0 Å². The Hall–Kier alpha value is -1.07. The van der Waals surface area contributed by atoms with Gasteiger partial charge < -0.3 is 15.2 Å². The van der Waals surface area contributed by atoms with Crippen LogP contribution in [0.1, 0.15) is 29.6 Å². The van der Waals surface area contributed by atoms with Gasteiger partial charge in [-0.25, -0.2) is 0 Å². The third-order valence-electron chi connectivity index (χ3n) is 3.00. The van der Waals surface area contributed by atoms with Crippen LogP contribution in [0, 0.1) is 0 Å². The summed E-state index contributed by atoms with van der Waals surface area (Å²) in [5, 5.41) is 12.5. The van der Waals surface area contributed by atoms with Crippen molar-refractivity contribution in [2.45, 2.75) is 25.3 Å². The number of hydrogen-bond donors (Lipinski definition) is 2. The van der Waals surface area contributed by atoms with Gasteiger partial charge in [0.1, 0.15) is 5.75 Å². The van der Waals surface area contributed by atoms with E-state index >= 15 is 0 Å². The van der Waals surface area contributed by atoms with E-state index in [0.717, 1.165) is 25.9 Å². The first-order valence-electron chi connectivity index (χ1n) is 6.04. The lowest BCUT2D eigenvalue weighted by Gasteiger charge is -2.15. The number of nitrogens with one attached hydrogen (secondary N) is 1. The molecule has 2 rings (SSSR count). The molecule has 0 radical (unpaired) electrons. The summed E-state index contributed by atoms with van der Waals surface area (Å²) in [5.41, 5.74) is 0.473. The number of amides is 1. The summed E-state index contributed by atoms with van der Waals surface area (Å²) >= 11 is 3.19. The molecule has 18 heavy (non-hydrogen) atoms. The molecule has 1 aliphatic rings. The molecular formula is C13H16BrNO3. The van der Waals surface area contributed by atoms with Crippen LogP contribution in [0.5, 0.6) is 5.75 Å². The smallest absolute Gasteiger partial charge is 0.251 e. The lowest BCUT2D eigenvalue weighted by atomic mass is 10.1. The SMILES string of the molecule is O=C(NC1CCCOCC1)c1ccc(Br)c(O)c1. The number of carbonyl (C=O) groups is 1. The first-order chi connectivity index (χ1) is 8.66. The average molecular weight is 314 g/mol. The van der Waals surface area contributed by atoms with Gasteiger partial charge >= 0.3 is 0 Å². The molecule has 0 bridgehead atoms. The second-order valence-corrected chi connectivity index (χ2v) is 5.23. The van der Waals surface area contributed by atoms with Crippen LogP contribution in [0.15, 0.2) is 22.7 Å². The first kappa shape index (κ1) is 13.4. The van der Waals surface area contributed by atoms with Crippen molar-refractivity contribution in [1.29, 1.82) is 0 Å². The zero-order valence-electron chi connectivity index (χ0n) is 9.99. The van der Waals surface area contributed by atoms with Crippen molar-refractivity contribution in [1.82, 2.24) is 5.32 Å². The summed E-state index contributed by atoms with van der Waals surface area (Å²) in [6.07, 6.45) is 2.75. The second-order valence-electron chi connectivity index (χ2n) is 4.38. The van der Waals surface area contributed by atoms with Gasteiger partial charge in [-0.1, -0.05) is 0 Å². The number of phenols is 1. The Balaban J connectivity index is 1.99. The van der Waals surface area contributed by atoms with Crippen LogP contribution < -0.4 is 5.32 Å². The number of hydrogen-bond acceptors (Lipinski definition) is 3. The maximum atomic E-state index is 12.0. The predicted molar refractivity (Wildman–Crippen MR) is 71.7 cm³/mol. The highest BCUT2D eigenvalue weighted by molar-refractivity contribution is 9.10. The summed E-state index contributed by atoms with van der Waals surface area (Å²) in [6, 6.07) is 4.98. The Labute approximate surface area is 114 Å². The molecule has 5 heteroatoms. The van der Waals surface area contributed by atoms with Gasteiger partial charge in [0.2, 0.25) is 0 Å². The summed E-state index contributed by atoms with van der Waals surface area (Å²) in [5.74, 6) is -0.0726. The van der Waals surface area contributed by atoms with Crippen LogP contribution in [0.4, 0.5) is 0 Å². The molecule has 0 spiro atoms. The molecule has 1 aromatic carbocycles. The molecule has 1 aromatic rings. The maximum absolute atomic E-state index is 12.0. The quantitative estimate of drug-likeness (QED) is 0.881. The predicted octanol–water partition coefficient (Wildman–Crippen LogP) is 2.45. The molecule has 1 amide bonds. The normalized spacial score (nSPS) is 20.2.